The van der Waals surface area contributed by atoms with E-state index in [1.807, 2.05) is 20.8 Å². The second-order valence-electron chi connectivity index (χ2n) is 5.62. The third-order valence-electron chi connectivity index (χ3n) is 2.77. The average molecular weight is 196 g/mol. The van der Waals surface area contributed by atoms with Crippen molar-refractivity contribution in [3.05, 3.63) is 0 Å². The Kier molecular flexibility index (Phi) is 2.46. The van der Waals surface area contributed by atoms with Gasteiger partial charge in [-0.2, -0.15) is 4.99 Å². The Balaban J connectivity index is 2.85. The van der Waals surface area contributed by atoms with Crippen LogP contribution in [-0.4, -0.2) is 17.3 Å². The van der Waals surface area contributed by atoms with Crippen LogP contribution >= 0.6 is 0 Å². The van der Waals surface area contributed by atoms with Crippen molar-refractivity contribution in [1.82, 2.24) is 5.32 Å². The van der Waals surface area contributed by atoms with Gasteiger partial charge in [0.1, 0.15) is 5.84 Å². The molecule has 0 bridgehead atoms. The van der Waals surface area contributed by atoms with Crippen molar-refractivity contribution in [2.24, 2.45) is 16.3 Å². The highest BCUT2D eigenvalue weighted by Crippen LogP contribution is 2.34. The summed E-state index contributed by atoms with van der Waals surface area (Å²) in [7, 11) is 0. The third kappa shape index (κ3) is 1.97. The second-order valence-corrected chi connectivity index (χ2v) is 5.62. The predicted molar refractivity (Wildman–Crippen MR) is 58.3 cm³/mol. The maximum absolute atomic E-state index is 11.6. The van der Waals surface area contributed by atoms with Gasteiger partial charge in [0.15, 0.2) is 0 Å². The summed E-state index contributed by atoms with van der Waals surface area (Å²) in [5, 5.41) is 3.28. The lowest BCUT2D eigenvalue weighted by atomic mass is 9.81. The molecule has 0 spiro atoms. The van der Waals surface area contributed by atoms with Gasteiger partial charge < -0.3 is 5.32 Å². The van der Waals surface area contributed by atoms with Crippen molar-refractivity contribution in [3.63, 3.8) is 0 Å². The Bertz CT molecular complexity index is 284. The maximum Gasteiger partial charge on any atom is 0.253 e. The Morgan fingerprint density at radius 2 is 1.86 bits per heavy atom. The van der Waals surface area contributed by atoms with Crippen LogP contribution in [0.3, 0.4) is 0 Å². The van der Waals surface area contributed by atoms with Gasteiger partial charge in [-0.25, -0.2) is 0 Å². The van der Waals surface area contributed by atoms with Gasteiger partial charge in [-0.05, 0) is 20.8 Å². The first-order valence-corrected chi connectivity index (χ1v) is 5.06. The van der Waals surface area contributed by atoms with Crippen molar-refractivity contribution in [3.8, 4) is 0 Å². The molecule has 0 radical (unpaired) electrons. The molecule has 1 amide bonds. The molecule has 3 nitrogen and oxygen atoms in total. The van der Waals surface area contributed by atoms with Crippen LogP contribution in [0.2, 0.25) is 0 Å². The zero-order valence-corrected chi connectivity index (χ0v) is 9.93. The largest absolute Gasteiger partial charge is 0.369 e. The quantitative estimate of drug-likeness (QED) is 0.643. The molecule has 0 saturated carbocycles. The lowest BCUT2D eigenvalue weighted by Gasteiger charge is -2.27. The van der Waals surface area contributed by atoms with E-state index in [-0.39, 0.29) is 22.8 Å². The smallest absolute Gasteiger partial charge is 0.253 e. The fourth-order valence-corrected chi connectivity index (χ4v) is 1.40. The number of carbonyl (C=O) groups is 1. The van der Waals surface area contributed by atoms with E-state index >= 15 is 0 Å². The van der Waals surface area contributed by atoms with Crippen LogP contribution in [-0.2, 0) is 4.79 Å². The minimum absolute atomic E-state index is 0.0169. The topological polar surface area (TPSA) is 41.5 Å². The molecule has 1 heterocycles. The molecule has 0 aromatic heterocycles. The van der Waals surface area contributed by atoms with Crippen LogP contribution in [0.15, 0.2) is 4.99 Å². The first-order valence-electron chi connectivity index (χ1n) is 5.06. The fourth-order valence-electron chi connectivity index (χ4n) is 1.40. The van der Waals surface area contributed by atoms with Crippen molar-refractivity contribution >= 4 is 11.7 Å². The number of aliphatic imine (C=N–C) groups is 1. The molecule has 3 heteroatoms. The summed E-state index contributed by atoms with van der Waals surface area (Å²) in [5.74, 6) is 0.985. The van der Waals surface area contributed by atoms with Crippen molar-refractivity contribution in [2.45, 2.75) is 47.1 Å². The van der Waals surface area contributed by atoms with Gasteiger partial charge in [0, 0.05) is 11.5 Å². The summed E-state index contributed by atoms with van der Waals surface area (Å²) in [5.41, 5.74) is -0.388. The lowest BCUT2D eigenvalue weighted by molar-refractivity contribution is -0.125. The third-order valence-corrected chi connectivity index (χ3v) is 2.77. The molecule has 0 aromatic carbocycles. The number of nitrogens with one attached hydrogen (secondary N) is 1. The summed E-state index contributed by atoms with van der Waals surface area (Å²) in [6.07, 6.45) is 0. The van der Waals surface area contributed by atoms with Crippen molar-refractivity contribution in [2.75, 3.05) is 0 Å². The molecule has 1 aliphatic heterocycles. The molecule has 1 unspecified atom stereocenters. The molecule has 1 rings (SSSR count). The van der Waals surface area contributed by atoms with E-state index in [9.17, 15) is 4.79 Å². The molecule has 1 N–H and O–H groups in total. The summed E-state index contributed by atoms with van der Waals surface area (Å²) in [6, 6.07) is 0. The summed E-state index contributed by atoms with van der Waals surface area (Å²) < 4.78 is 0. The highest BCUT2D eigenvalue weighted by molar-refractivity contribution is 6.06. The number of hydrogen-bond acceptors (Lipinski definition) is 2. The fraction of sp³-hybridized carbons (Fsp3) is 0.818. The molecule has 14 heavy (non-hydrogen) atoms. The minimum Gasteiger partial charge on any atom is -0.369 e. The van der Waals surface area contributed by atoms with Gasteiger partial charge in [0.25, 0.3) is 5.91 Å². The minimum atomic E-state index is -0.354. The first kappa shape index (κ1) is 11.2. The average Bonchev–Trinajstić information content (AvgIpc) is 2.12. The van der Waals surface area contributed by atoms with Gasteiger partial charge in [0.2, 0.25) is 0 Å². The van der Waals surface area contributed by atoms with Crippen LogP contribution in [0.1, 0.15) is 41.5 Å². The molecule has 0 fully saturated rings. The molecular weight excluding hydrogens is 176 g/mol. The second kappa shape index (κ2) is 3.07. The van der Waals surface area contributed by atoms with Crippen LogP contribution < -0.4 is 5.32 Å². The standard InChI is InChI=1S/C11H20N2O/c1-7-8(13-10(2,3)4)12-9(14)11(7,5)6/h7H,1-6H3,(H,12,13,14). The first-order chi connectivity index (χ1) is 6.14. The van der Waals surface area contributed by atoms with Gasteiger partial charge in [-0.1, -0.05) is 20.8 Å². The summed E-state index contributed by atoms with van der Waals surface area (Å²) >= 11 is 0. The van der Waals surface area contributed by atoms with E-state index in [0.29, 0.717) is 0 Å². The lowest BCUT2D eigenvalue weighted by Crippen LogP contribution is -2.44. The van der Waals surface area contributed by atoms with Gasteiger partial charge in [-0.3, -0.25) is 4.79 Å². The zero-order chi connectivity index (χ0) is 11.1. The van der Waals surface area contributed by atoms with E-state index in [2.05, 4.69) is 31.1 Å². The maximum atomic E-state index is 11.6. The number of carbonyl (C=O) groups excluding carboxylic acids is 1. The monoisotopic (exact) mass is 196 g/mol. The van der Waals surface area contributed by atoms with Crippen molar-refractivity contribution < 1.29 is 4.79 Å². The molecule has 0 aromatic rings. The van der Waals surface area contributed by atoms with Crippen molar-refractivity contribution in [1.29, 1.82) is 0 Å². The van der Waals surface area contributed by atoms with E-state index < -0.39 is 0 Å². The number of nitrogens with zero attached hydrogens (tertiary/aromatic N) is 1. The van der Waals surface area contributed by atoms with Crippen LogP contribution in [0, 0.1) is 11.3 Å². The SMILES string of the molecule is CC1C(NC(C)(C)C)=NC(=O)C1(C)C. The number of amides is 1. The number of hydrogen-bond donors (Lipinski definition) is 1. The molecule has 0 saturated heterocycles. The Morgan fingerprint density at radius 1 is 1.36 bits per heavy atom. The Labute approximate surface area is 86.0 Å². The normalized spacial score (nSPS) is 26.3. The number of amidine groups is 1. The van der Waals surface area contributed by atoms with Gasteiger partial charge in [-0.15, -0.1) is 0 Å². The van der Waals surface area contributed by atoms with E-state index in [1.54, 1.807) is 0 Å². The number of rotatable bonds is 0. The van der Waals surface area contributed by atoms with Gasteiger partial charge >= 0.3 is 0 Å². The van der Waals surface area contributed by atoms with E-state index in [4.69, 9.17) is 0 Å². The highest BCUT2D eigenvalue weighted by atomic mass is 16.2. The summed E-state index contributed by atoms with van der Waals surface area (Å²) in [6.45, 7) is 12.1. The predicted octanol–water partition coefficient (Wildman–Crippen LogP) is 1.98. The zero-order valence-electron chi connectivity index (χ0n) is 9.93. The van der Waals surface area contributed by atoms with E-state index in [0.717, 1.165) is 5.84 Å². The van der Waals surface area contributed by atoms with E-state index in [1.165, 1.54) is 0 Å². The molecular formula is C11H20N2O. The molecule has 0 aliphatic carbocycles. The summed E-state index contributed by atoms with van der Waals surface area (Å²) in [4.78, 5) is 15.6. The molecule has 1 atom stereocenters. The Hall–Kier alpha value is -0.860. The molecule has 1 aliphatic rings. The van der Waals surface area contributed by atoms with Crippen LogP contribution in [0.5, 0.6) is 0 Å². The molecule has 80 valence electrons. The van der Waals surface area contributed by atoms with Crippen LogP contribution in [0.4, 0.5) is 0 Å². The Morgan fingerprint density at radius 3 is 2.14 bits per heavy atom. The highest BCUT2D eigenvalue weighted by Gasteiger charge is 2.43. The van der Waals surface area contributed by atoms with Crippen LogP contribution in [0.25, 0.3) is 0 Å². The van der Waals surface area contributed by atoms with Gasteiger partial charge in [0.05, 0.1) is 5.41 Å².